The molecule has 3 aromatic carbocycles. The maximum Gasteiger partial charge on any atom is 0.247 e. The standard InChI is InChI=1S/C29H31ClN2O4/c1-36-26-15-9-23(10-16-26)28(29(35)31-18-21-4-11-24(30)12-5-21)32(19-22-2-3-22)27(34)17-8-20-6-13-25(33)14-7-20/h4-7,9-16,22,28,33H,2-3,8,17-19H2,1H3,(H,31,35). The SMILES string of the molecule is COc1ccc(C(C(=O)NCc2ccc(Cl)cc2)N(CC2CC2)C(=O)CCc2ccc(O)cc2)cc1. The number of nitrogens with zero attached hydrogens (tertiary/aromatic N) is 1. The Kier molecular flexibility index (Phi) is 8.49. The molecule has 1 saturated carbocycles. The molecule has 1 fully saturated rings. The minimum Gasteiger partial charge on any atom is -0.508 e. The van der Waals surface area contributed by atoms with E-state index in [1.165, 1.54) is 0 Å². The van der Waals surface area contributed by atoms with E-state index in [1.54, 1.807) is 36.3 Å². The highest BCUT2D eigenvalue weighted by Gasteiger charge is 2.35. The van der Waals surface area contributed by atoms with Gasteiger partial charge in [0.25, 0.3) is 0 Å². The van der Waals surface area contributed by atoms with Crippen molar-refractivity contribution in [3.8, 4) is 11.5 Å². The minimum absolute atomic E-state index is 0.0718. The van der Waals surface area contributed by atoms with E-state index in [-0.39, 0.29) is 24.0 Å². The van der Waals surface area contributed by atoms with Gasteiger partial charge in [-0.15, -0.1) is 0 Å². The molecule has 1 aliphatic rings. The van der Waals surface area contributed by atoms with Crippen molar-refractivity contribution >= 4 is 23.4 Å². The van der Waals surface area contributed by atoms with Crippen LogP contribution in [-0.2, 0) is 22.6 Å². The smallest absolute Gasteiger partial charge is 0.247 e. The van der Waals surface area contributed by atoms with Crippen LogP contribution in [0.15, 0.2) is 72.8 Å². The number of halogens is 1. The van der Waals surface area contributed by atoms with E-state index in [9.17, 15) is 14.7 Å². The lowest BCUT2D eigenvalue weighted by Gasteiger charge is -2.32. The molecule has 4 rings (SSSR count). The average molecular weight is 507 g/mol. The van der Waals surface area contributed by atoms with Crippen LogP contribution in [0.1, 0.15) is 42.0 Å². The van der Waals surface area contributed by atoms with Crippen LogP contribution >= 0.6 is 11.6 Å². The molecule has 36 heavy (non-hydrogen) atoms. The third-order valence-electron chi connectivity index (χ3n) is 6.41. The number of hydrogen-bond acceptors (Lipinski definition) is 4. The Morgan fingerprint density at radius 1 is 1.00 bits per heavy atom. The molecule has 1 aliphatic carbocycles. The Balaban J connectivity index is 1.56. The van der Waals surface area contributed by atoms with Crippen molar-refractivity contribution in [3.63, 3.8) is 0 Å². The number of amides is 2. The van der Waals surface area contributed by atoms with Gasteiger partial charge in [-0.3, -0.25) is 9.59 Å². The quantitative estimate of drug-likeness (QED) is 0.370. The Morgan fingerprint density at radius 2 is 1.64 bits per heavy atom. The summed E-state index contributed by atoms with van der Waals surface area (Å²) in [5.41, 5.74) is 2.62. The van der Waals surface area contributed by atoms with E-state index in [2.05, 4.69) is 5.32 Å². The van der Waals surface area contributed by atoms with Crippen LogP contribution in [0.4, 0.5) is 0 Å². The number of hydrogen-bond donors (Lipinski definition) is 2. The highest BCUT2D eigenvalue weighted by atomic mass is 35.5. The molecule has 2 N–H and O–H groups in total. The molecule has 6 nitrogen and oxygen atoms in total. The number of aromatic hydroxyl groups is 1. The monoisotopic (exact) mass is 506 g/mol. The molecular weight excluding hydrogens is 476 g/mol. The zero-order chi connectivity index (χ0) is 25.5. The van der Waals surface area contributed by atoms with Gasteiger partial charge >= 0.3 is 0 Å². The van der Waals surface area contributed by atoms with Crippen LogP contribution < -0.4 is 10.1 Å². The predicted octanol–water partition coefficient (Wildman–Crippen LogP) is 5.28. The summed E-state index contributed by atoms with van der Waals surface area (Å²) < 4.78 is 5.29. The number of carbonyl (C=O) groups is 2. The molecule has 188 valence electrons. The fraction of sp³-hybridized carbons (Fsp3) is 0.310. The van der Waals surface area contributed by atoms with Gasteiger partial charge in [0.15, 0.2) is 0 Å². The van der Waals surface area contributed by atoms with Crippen molar-refractivity contribution < 1.29 is 19.4 Å². The summed E-state index contributed by atoms with van der Waals surface area (Å²) in [6, 6.07) is 20.7. The second kappa shape index (κ2) is 12.0. The Bertz CT molecular complexity index is 1160. The molecule has 0 aromatic heterocycles. The van der Waals surface area contributed by atoms with Crippen LogP contribution in [0.5, 0.6) is 11.5 Å². The number of benzene rings is 3. The predicted molar refractivity (Wildman–Crippen MR) is 140 cm³/mol. The second-order valence-electron chi connectivity index (χ2n) is 9.18. The largest absolute Gasteiger partial charge is 0.508 e. The second-order valence-corrected chi connectivity index (χ2v) is 9.61. The molecule has 2 amide bonds. The summed E-state index contributed by atoms with van der Waals surface area (Å²) in [6.07, 6.45) is 2.92. The summed E-state index contributed by atoms with van der Waals surface area (Å²) in [4.78, 5) is 28.9. The van der Waals surface area contributed by atoms with E-state index in [0.29, 0.717) is 36.2 Å². The highest BCUT2D eigenvalue weighted by molar-refractivity contribution is 6.30. The molecule has 0 radical (unpaired) electrons. The summed E-state index contributed by atoms with van der Waals surface area (Å²) in [6.45, 7) is 0.876. The van der Waals surface area contributed by atoms with Gasteiger partial charge in [0, 0.05) is 24.5 Å². The molecule has 0 spiro atoms. The van der Waals surface area contributed by atoms with E-state index in [1.807, 2.05) is 48.5 Å². The van der Waals surface area contributed by atoms with Gasteiger partial charge in [0.2, 0.25) is 11.8 Å². The van der Waals surface area contributed by atoms with Crippen molar-refractivity contribution in [2.24, 2.45) is 5.92 Å². The molecule has 1 unspecified atom stereocenters. The van der Waals surface area contributed by atoms with Gasteiger partial charge in [-0.2, -0.15) is 0 Å². The van der Waals surface area contributed by atoms with Crippen molar-refractivity contribution in [1.29, 1.82) is 0 Å². The number of phenolic OH excluding ortho intramolecular Hbond substituents is 1. The van der Waals surface area contributed by atoms with Crippen LogP contribution in [0.2, 0.25) is 5.02 Å². The molecule has 0 saturated heterocycles. The van der Waals surface area contributed by atoms with Crippen LogP contribution in [-0.4, -0.2) is 35.5 Å². The third-order valence-corrected chi connectivity index (χ3v) is 6.66. The molecule has 0 aliphatic heterocycles. The van der Waals surface area contributed by atoms with Crippen molar-refractivity contribution in [2.75, 3.05) is 13.7 Å². The summed E-state index contributed by atoms with van der Waals surface area (Å²) in [7, 11) is 1.59. The van der Waals surface area contributed by atoms with Crippen molar-refractivity contribution in [2.45, 2.75) is 38.3 Å². The molecular formula is C29H31ClN2O4. The Labute approximate surface area is 216 Å². The third kappa shape index (κ3) is 7.01. The molecule has 7 heteroatoms. The molecule has 3 aromatic rings. The van der Waals surface area contributed by atoms with Crippen LogP contribution in [0, 0.1) is 5.92 Å². The number of aryl methyl sites for hydroxylation is 1. The number of methoxy groups -OCH3 is 1. The number of carbonyl (C=O) groups excluding carboxylic acids is 2. The lowest BCUT2D eigenvalue weighted by molar-refractivity contribution is -0.141. The number of ether oxygens (including phenoxy) is 1. The lowest BCUT2D eigenvalue weighted by atomic mass is 10.0. The van der Waals surface area contributed by atoms with Gasteiger partial charge in [0.1, 0.15) is 17.5 Å². The molecule has 1 atom stereocenters. The first-order valence-corrected chi connectivity index (χ1v) is 12.5. The topological polar surface area (TPSA) is 78.9 Å². The Hall–Kier alpha value is -3.51. The van der Waals surface area contributed by atoms with Crippen LogP contribution in [0.25, 0.3) is 0 Å². The Morgan fingerprint density at radius 3 is 2.25 bits per heavy atom. The maximum absolute atomic E-state index is 13.6. The zero-order valence-corrected chi connectivity index (χ0v) is 21.1. The van der Waals surface area contributed by atoms with E-state index in [0.717, 1.165) is 29.5 Å². The number of nitrogens with one attached hydrogen (secondary N) is 1. The normalized spacial score (nSPS) is 13.6. The van der Waals surface area contributed by atoms with Gasteiger partial charge in [-0.25, -0.2) is 0 Å². The van der Waals surface area contributed by atoms with Gasteiger partial charge in [0.05, 0.1) is 7.11 Å². The fourth-order valence-electron chi connectivity index (χ4n) is 4.13. The first-order valence-electron chi connectivity index (χ1n) is 12.2. The average Bonchev–Trinajstić information content (AvgIpc) is 3.72. The van der Waals surface area contributed by atoms with E-state index in [4.69, 9.17) is 16.3 Å². The van der Waals surface area contributed by atoms with E-state index >= 15 is 0 Å². The first-order chi connectivity index (χ1) is 17.4. The lowest BCUT2D eigenvalue weighted by Crippen LogP contribution is -2.44. The van der Waals surface area contributed by atoms with Gasteiger partial charge < -0.3 is 20.1 Å². The first kappa shape index (κ1) is 25.6. The van der Waals surface area contributed by atoms with Crippen molar-refractivity contribution in [1.82, 2.24) is 10.2 Å². The minimum atomic E-state index is -0.754. The van der Waals surface area contributed by atoms with Gasteiger partial charge in [-0.1, -0.05) is 48.0 Å². The molecule has 0 bridgehead atoms. The maximum atomic E-state index is 13.6. The summed E-state index contributed by atoms with van der Waals surface area (Å²) >= 11 is 5.99. The highest BCUT2D eigenvalue weighted by Crippen LogP contribution is 2.34. The van der Waals surface area contributed by atoms with Crippen molar-refractivity contribution in [3.05, 3.63) is 94.5 Å². The van der Waals surface area contributed by atoms with Gasteiger partial charge in [-0.05, 0) is 78.3 Å². The summed E-state index contributed by atoms with van der Waals surface area (Å²) in [5.74, 6) is 0.988. The summed E-state index contributed by atoms with van der Waals surface area (Å²) in [5, 5.41) is 13.2. The number of phenols is 1. The number of rotatable bonds is 11. The zero-order valence-electron chi connectivity index (χ0n) is 20.3. The van der Waals surface area contributed by atoms with Crippen LogP contribution in [0.3, 0.4) is 0 Å². The van der Waals surface area contributed by atoms with E-state index < -0.39 is 6.04 Å². The molecule has 0 heterocycles. The fourth-order valence-corrected chi connectivity index (χ4v) is 4.26.